The fourth-order valence-electron chi connectivity index (χ4n) is 7.82. The summed E-state index contributed by atoms with van der Waals surface area (Å²) in [5, 5.41) is 163. The number of amides is 2. The maximum Gasteiger partial charge on any atom is 0.217 e. The molecule has 5 rings (SSSR count). The van der Waals surface area contributed by atoms with Crippen LogP contribution >= 0.6 is 0 Å². The average molecular weight is 911 g/mol. The highest BCUT2D eigenvalue weighted by Crippen LogP contribution is 2.36. The standard InChI is InChI=1S/C34H58N2O26/c1-8(42)35-15-26(59-33-23(50)22(49)17(44)10(3-37)57-33)18(45)12(5-39)56-32(15)62-29-21(48)14(7-41)58-34(25(29)52)60-27-16(36-9(2)43)31(55-13(6-40)19(27)46)61-28-20(47)11(4-38)54-30(53)24(28)51/h10-34,37-41,44-53H,3-7H2,1-2H3,(H,35,42)(H,36,43)/t10-,11-,12-,13-,14-,15-,16-,17+,18-,19-,20+,21+,22+,23-,24-,25-,26-,27-,28+,29+,30?,31+,32+,33+,34+/m1/s1. The predicted molar refractivity (Wildman–Crippen MR) is 190 cm³/mol. The molecule has 0 aromatic carbocycles. The zero-order valence-electron chi connectivity index (χ0n) is 33.2. The second kappa shape index (κ2) is 22.0. The number of aliphatic hydroxyl groups excluding tert-OH is 15. The van der Waals surface area contributed by atoms with Gasteiger partial charge in [0.15, 0.2) is 31.5 Å². The zero-order valence-corrected chi connectivity index (χ0v) is 33.2. The van der Waals surface area contributed by atoms with Gasteiger partial charge in [0.05, 0.1) is 33.0 Å². The SMILES string of the molecule is CC(=O)N[C@H]1[C@H](O[C@H]2[C@@H](O)[C@@H](CO)O[C@@H](O[C@H]3[C@H](O)[C@@H](CO)O[C@@H](O[C@H]4[C@@H](O)[C@@H](CO)OC(O)[C@@H]4O)[C@@H]3NC(C)=O)[C@@H]2O)O[C@H](CO)[C@@H](O)[C@@H]1O[C@@H]1O[C@H](CO)[C@H](O)[C@H](O)[C@H]1O. The molecule has 2 amide bonds. The second-order valence-electron chi connectivity index (χ2n) is 15.4. The Bertz CT molecular complexity index is 1440. The number of aliphatic hydroxyl groups is 15. The Morgan fingerprint density at radius 1 is 0.387 bits per heavy atom. The van der Waals surface area contributed by atoms with Crippen molar-refractivity contribution in [1.82, 2.24) is 10.6 Å². The van der Waals surface area contributed by atoms with Crippen molar-refractivity contribution in [2.45, 2.75) is 167 Å². The molecule has 0 aromatic rings. The number of ether oxygens (including phenoxy) is 9. The molecule has 0 aliphatic carbocycles. The minimum absolute atomic E-state index is 0.814. The van der Waals surface area contributed by atoms with Crippen LogP contribution in [0.15, 0.2) is 0 Å². The molecule has 5 aliphatic rings. The van der Waals surface area contributed by atoms with E-state index in [2.05, 4.69) is 10.6 Å². The Morgan fingerprint density at radius 2 is 0.694 bits per heavy atom. The van der Waals surface area contributed by atoms with E-state index in [0.29, 0.717) is 0 Å². The molecule has 0 aromatic heterocycles. The molecule has 28 heteroatoms. The molecule has 5 saturated heterocycles. The van der Waals surface area contributed by atoms with Crippen LogP contribution in [-0.4, -0.2) is 275 Å². The van der Waals surface area contributed by atoms with E-state index in [4.69, 9.17) is 42.6 Å². The lowest BCUT2D eigenvalue weighted by Crippen LogP contribution is -2.71. The summed E-state index contributed by atoms with van der Waals surface area (Å²) >= 11 is 0. The summed E-state index contributed by atoms with van der Waals surface area (Å²) in [6, 6.07) is -3.39. The first kappa shape index (κ1) is 51.0. The molecule has 28 nitrogen and oxygen atoms in total. The van der Waals surface area contributed by atoms with Crippen LogP contribution < -0.4 is 10.6 Å². The quantitative estimate of drug-likeness (QED) is 0.0725. The van der Waals surface area contributed by atoms with Gasteiger partial charge in [-0.1, -0.05) is 0 Å². The van der Waals surface area contributed by atoms with E-state index in [1.807, 2.05) is 0 Å². The van der Waals surface area contributed by atoms with Gasteiger partial charge in [-0.05, 0) is 0 Å². The predicted octanol–water partition coefficient (Wildman–Crippen LogP) is -11.6. The van der Waals surface area contributed by atoms with Crippen molar-refractivity contribution in [1.29, 1.82) is 0 Å². The molecule has 25 atom stereocenters. The molecule has 0 saturated carbocycles. The summed E-state index contributed by atoms with van der Waals surface area (Å²) in [6.07, 6.45) is -42.7. The lowest BCUT2D eigenvalue weighted by atomic mass is 9.93. The summed E-state index contributed by atoms with van der Waals surface area (Å²) in [5.41, 5.74) is 0. The largest absolute Gasteiger partial charge is 0.394 e. The molecule has 0 spiro atoms. The van der Waals surface area contributed by atoms with Gasteiger partial charge in [0, 0.05) is 13.8 Å². The normalized spacial score (nSPS) is 49.0. The van der Waals surface area contributed by atoms with Gasteiger partial charge in [-0.15, -0.1) is 0 Å². The van der Waals surface area contributed by atoms with Gasteiger partial charge in [0.2, 0.25) is 11.8 Å². The molecule has 5 aliphatic heterocycles. The molecular formula is C34H58N2O26. The topological polar surface area (TPSA) is 445 Å². The lowest BCUT2D eigenvalue weighted by Gasteiger charge is -2.51. The summed E-state index contributed by atoms with van der Waals surface area (Å²) < 4.78 is 50.9. The monoisotopic (exact) mass is 910 g/mol. The van der Waals surface area contributed by atoms with Gasteiger partial charge in [-0.3, -0.25) is 9.59 Å². The highest BCUT2D eigenvalue weighted by atomic mass is 16.8. The smallest absolute Gasteiger partial charge is 0.217 e. The third-order valence-corrected chi connectivity index (χ3v) is 11.1. The average Bonchev–Trinajstić information content (AvgIpc) is 3.23. The van der Waals surface area contributed by atoms with Crippen molar-refractivity contribution in [2.24, 2.45) is 0 Å². The number of hydrogen-bond acceptors (Lipinski definition) is 26. The second-order valence-corrected chi connectivity index (χ2v) is 15.4. The molecule has 5 fully saturated rings. The van der Waals surface area contributed by atoms with Crippen LogP contribution in [-0.2, 0) is 52.2 Å². The molecular weight excluding hydrogens is 852 g/mol. The van der Waals surface area contributed by atoms with Crippen molar-refractivity contribution in [3.63, 3.8) is 0 Å². The number of rotatable bonds is 15. The van der Waals surface area contributed by atoms with Gasteiger partial charge in [-0.2, -0.15) is 0 Å². The third kappa shape index (κ3) is 10.8. The van der Waals surface area contributed by atoms with Crippen LogP contribution in [0.25, 0.3) is 0 Å². The third-order valence-electron chi connectivity index (χ3n) is 11.1. The molecule has 0 bridgehead atoms. The summed E-state index contributed by atoms with van der Waals surface area (Å²) in [5.74, 6) is -1.63. The van der Waals surface area contributed by atoms with E-state index in [1.54, 1.807) is 0 Å². The van der Waals surface area contributed by atoms with E-state index < -0.39 is 198 Å². The molecule has 0 radical (unpaired) electrons. The number of hydrogen-bond donors (Lipinski definition) is 17. The van der Waals surface area contributed by atoms with E-state index in [1.165, 1.54) is 0 Å². The first-order chi connectivity index (χ1) is 29.3. The molecule has 5 heterocycles. The first-order valence-corrected chi connectivity index (χ1v) is 19.6. The first-order valence-electron chi connectivity index (χ1n) is 19.6. The number of carbonyl (C=O) groups is 2. The van der Waals surface area contributed by atoms with Crippen molar-refractivity contribution >= 4 is 11.8 Å². The number of nitrogens with one attached hydrogen (secondary N) is 2. The van der Waals surface area contributed by atoms with Crippen molar-refractivity contribution in [2.75, 3.05) is 33.0 Å². The van der Waals surface area contributed by atoms with E-state index in [0.717, 1.165) is 13.8 Å². The summed E-state index contributed by atoms with van der Waals surface area (Å²) in [4.78, 5) is 25.0. The van der Waals surface area contributed by atoms with Crippen LogP contribution in [0.5, 0.6) is 0 Å². The maximum atomic E-state index is 12.5. The molecule has 62 heavy (non-hydrogen) atoms. The van der Waals surface area contributed by atoms with Crippen molar-refractivity contribution < 1.29 is 129 Å². The lowest BCUT2D eigenvalue weighted by molar-refractivity contribution is -0.380. The molecule has 1 unspecified atom stereocenters. The van der Waals surface area contributed by atoms with Crippen LogP contribution in [0.4, 0.5) is 0 Å². The Morgan fingerprint density at radius 3 is 1.08 bits per heavy atom. The van der Waals surface area contributed by atoms with Crippen LogP contribution in [0.1, 0.15) is 13.8 Å². The van der Waals surface area contributed by atoms with Gasteiger partial charge in [0.25, 0.3) is 0 Å². The van der Waals surface area contributed by atoms with E-state index >= 15 is 0 Å². The van der Waals surface area contributed by atoms with E-state index in [-0.39, 0.29) is 0 Å². The summed E-state index contributed by atoms with van der Waals surface area (Å²) in [7, 11) is 0. The van der Waals surface area contributed by atoms with E-state index in [9.17, 15) is 86.2 Å². The van der Waals surface area contributed by atoms with Crippen LogP contribution in [0, 0.1) is 0 Å². The minimum atomic E-state index is -2.20. The van der Waals surface area contributed by atoms with Crippen LogP contribution in [0.2, 0.25) is 0 Å². The Kier molecular flexibility index (Phi) is 18.1. The zero-order chi connectivity index (χ0) is 45.9. The van der Waals surface area contributed by atoms with Crippen LogP contribution in [0.3, 0.4) is 0 Å². The minimum Gasteiger partial charge on any atom is -0.394 e. The number of carbonyl (C=O) groups excluding carboxylic acids is 2. The maximum absolute atomic E-state index is 12.5. The Balaban J connectivity index is 1.44. The van der Waals surface area contributed by atoms with Gasteiger partial charge < -0.3 is 130 Å². The molecule has 17 N–H and O–H groups in total. The highest BCUT2D eigenvalue weighted by Gasteiger charge is 2.57. The fraction of sp³-hybridized carbons (Fsp3) is 0.941. The highest BCUT2D eigenvalue weighted by molar-refractivity contribution is 5.73. The van der Waals surface area contributed by atoms with Crippen molar-refractivity contribution in [3.8, 4) is 0 Å². The Hall–Kier alpha value is -2.02. The fourth-order valence-corrected chi connectivity index (χ4v) is 7.82. The Labute approximate surface area is 351 Å². The van der Waals surface area contributed by atoms with Gasteiger partial charge in [0.1, 0.15) is 122 Å². The van der Waals surface area contributed by atoms with Crippen molar-refractivity contribution in [3.05, 3.63) is 0 Å². The van der Waals surface area contributed by atoms with Gasteiger partial charge >= 0.3 is 0 Å². The molecule has 360 valence electrons. The van der Waals surface area contributed by atoms with Gasteiger partial charge in [-0.25, -0.2) is 0 Å². The summed E-state index contributed by atoms with van der Waals surface area (Å²) in [6.45, 7) is -2.59.